The maximum absolute atomic E-state index is 3.64. The molecule has 1 N–H and O–H groups in total. The topological polar surface area (TPSA) is 12.0 Å². The summed E-state index contributed by atoms with van der Waals surface area (Å²) in [6, 6.07) is 19.6. The summed E-state index contributed by atoms with van der Waals surface area (Å²) in [5, 5.41) is 3.64. The van der Waals surface area contributed by atoms with Crippen molar-refractivity contribution in [1.82, 2.24) is 5.32 Å². The Morgan fingerprint density at radius 1 is 1.00 bits per heavy atom. The Morgan fingerprint density at radius 3 is 2.46 bits per heavy atom. The van der Waals surface area contributed by atoms with Crippen LogP contribution < -0.4 is 5.32 Å². The second-order valence-electron chi connectivity index (χ2n) is 7.55. The first-order chi connectivity index (χ1) is 11.6. The van der Waals surface area contributed by atoms with Crippen molar-refractivity contribution in [1.29, 1.82) is 0 Å². The minimum atomic E-state index is 0.198. The van der Waals surface area contributed by atoms with Gasteiger partial charge >= 0.3 is 0 Å². The van der Waals surface area contributed by atoms with Crippen molar-refractivity contribution < 1.29 is 0 Å². The van der Waals surface area contributed by atoms with Crippen LogP contribution in [0.4, 0.5) is 0 Å². The van der Waals surface area contributed by atoms with Gasteiger partial charge in [0.05, 0.1) is 0 Å². The van der Waals surface area contributed by atoms with E-state index in [1.54, 1.807) is 0 Å². The number of nitrogens with one attached hydrogen (secondary N) is 1. The van der Waals surface area contributed by atoms with Crippen LogP contribution in [0.5, 0.6) is 0 Å². The predicted octanol–water partition coefficient (Wildman–Crippen LogP) is 5.42. The molecule has 126 valence electrons. The van der Waals surface area contributed by atoms with Gasteiger partial charge in [-0.1, -0.05) is 87.5 Å². The number of allylic oxidation sites excluding steroid dienone is 1. The summed E-state index contributed by atoms with van der Waals surface area (Å²) in [5.74, 6) is 1.24. The summed E-state index contributed by atoms with van der Waals surface area (Å²) < 4.78 is 0. The highest BCUT2D eigenvalue weighted by atomic mass is 14.8. The average Bonchev–Trinajstić information content (AvgIpc) is 2.60. The molecule has 1 aliphatic carbocycles. The maximum atomic E-state index is 3.64. The van der Waals surface area contributed by atoms with Gasteiger partial charge in [0.1, 0.15) is 0 Å². The van der Waals surface area contributed by atoms with Crippen molar-refractivity contribution in [2.45, 2.75) is 39.2 Å². The number of hydrogen-bond donors (Lipinski definition) is 1. The Kier molecular flexibility index (Phi) is 5.20. The van der Waals surface area contributed by atoms with Crippen LogP contribution in [0.3, 0.4) is 0 Å². The van der Waals surface area contributed by atoms with E-state index in [0.717, 1.165) is 19.5 Å². The molecule has 1 nitrogen and oxygen atoms in total. The van der Waals surface area contributed by atoms with Crippen molar-refractivity contribution >= 4 is 6.08 Å². The van der Waals surface area contributed by atoms with Gasteiger partial charge in [0.2, 0.25) is 0 Å². The van der Waals surface area contributed by atoms with Gasteiger partial charge in [-0.3, -0.25) is 0 Å². The molecule has 0 unspecified atom stereocenters. The fourth-order valence-electron chi connectivity index (χ4n) is 4.20. The Balaban J connectivity index is 1.72. The lowest BCUT2D eigenvalue weighted by molar-refractivity contribution is 0.253. The second-order valence-corrected chi connectivity index (χ2v) is 7.55. The van der Waals surface area contributed by atoms with E-state index in [2.05, 4.69) is 92.8 Å². The van der Waals surface area contributed by atoms with Crippen molar-refractivity contribution in [2.75, 3.05) is 6.54 Å². The Hall–Kier alpha value is -1.86. The third-order valence-corrected chi connectivity index (χ3v) is 5.51. The minimum absolute atomic E-state index is 0.198. The number of benzene rings is 2. The van der Waals surface area contributed by atoms with Gasteiger partial charge in [0.15, 0.2) is 0 Å². The SMILES string of the molecule is CC(C)[C@H]1C=Cc2ccccc2[C@@]1(C)CCNCc1ccccc1. The van der Waals surface area contributed by atoms with E-state index in [4.69, 9.17) is 0 Å². The van der Waals surface area contributed by atoms with Crippen molar-refractivity contribution in [2.24, 2.45) is 11.8 Å². The van der Waals surface area contributed by atoms with Crippen molar-refractivity contribution in [3.8, 4) is 0 Å². The molecular formula is C23H29N. The van der Waals surface area contributed by atoms with Crippen LogP contribution in [0.25, 0.3) is 6.08 Å². The highest BCUT2D eigenvalue weighted by molar-refractivity contribution is 5.60. The highest BCUT2D eigenvalue weighted by Gasteiger charge is 2.38. The van der Waals surface area contributed by atoms with E-state index in [1.165, 1.54) is 16.7 Å². The molecule has 0 bridgehead atoms. The van der Waals surface area contributed by atoms with Gasteiger partial charge in [0, 0.05) is 12.0 Å². The standard InChI is InChI=1S/C23H29N/c1-18(2)21-14-13-20-11-7-8-12-22(20)23(21,3)15-16-24-17-19-9-5-4-6-10-19/h4-14,18,21,24H,15-17H2,1-3H3/t21-,23+/m1/s1. The molecule has 0 fully saturated rings. The molecule has 0 saturated carbocycles. The zero-order valence-corrected chi connectivity index (χ0v) is 15.1. The molecule has 0 amide bonds. The molecule has 2 aromatic rings. The smallest absolute Gasteiger partial charge is 0.0205 e. The third-order valence-electron chi connectivity index (χ3n) is 5.51. The molecule has 3 rings (SSSR count). The lowest BCUT2D eigenvalue weighted by Gasteiger charge is -2.43. The Labute approximate surface area is 146 Å². The molecule has 0 heterocycles. The summed E-state index contributed by atoms with van der Waals surface area (Å²) in [4.78, 5) is 0. The quantitative estimate of drug-likeness (QED) is 0.701. The van der Waals surface area contributed by atoms with Crippen LogP contribution >= 0.6 is 0 Å². The Morgan fingerprint density at radius 2 is 1.71 bits per heavy atom. The zero-order chi connectivity index (χ0) is 17.0. The fourth-order valence-corrected chi connectivity index (χ4v) is 4.20. The molecule has 24 heavy (non-hydrogen) atoms. The molecule has 0 aliphatic heterocycles. The van der Waals surface area contributed by atoms with Gasteiger partial charge in [-0.15, -0.1) is 0 Å². The van der Waals surface area contributed by atoms with Crippen LogP contribution in [0.1, 0.15) is 43.9 Å². The van der Waals surface area contributed by atoms with Crippen LogP contribution in [0, 0.1) is 11.8 Å². The first kappa shape index (κ1) is 17.0. The van der Waals surface area contributed by atoms with Crippen LogP contribution in [-0.2, 0) is 12.0 Å². The van der Waals surface area contributed by atoms with Gasteiger partial charge in [-0.25, -0.2) is 0 Å². The molecule has 0 radical (unpaired) electrons. The summed E-state index contributed by atoms with van der Waals surface area (Å²) in [7, 11) is 0. The summed E-state index contributed by atoms with van der Waals surface area (Å²) in [6.45, 7) is 9.12. The van der Waals surface area contributed by atoms with E-state index >= 15 is 0 Å². The van der Waals surface area contributed by atoms with Gasteiger partial charge in [-0.05, 0) is 41.5 Å². The summed E-state index contributed by atoms with van der Waals surface area (Å²) in [6.07, 6.45) is 5.91. The summed E-state index contributed by atoms with van der Waals surface area (Å²) >= 11 is 0. The molecule has 0 spiro atoms. The van der Waals surface area contributed by atoms with E-state index in [-0.39, 0.29) is 5.41 Å². The molecular weight excluding hydrogens is 290 g/mol. The van der Waals surface area contributed by atoms with Crippen LogP contribution in [0.2, 0.25) is 0 Å². The molecule has 1 aliphatic rings. The van der Waals surface area contributed by atoms with Crippen LogP contribution in [-0.4, -0.2) is 6.54 Å². The van der Waals surface area contributed by atoms with E-state index in [0.29, 0.717) is 11.8 Å². The monoisotopic (exact) mass is 319 g/mol. The number of hydrogen-bond acceptors (Lipinski definition) is 1. The Bertz CT molecular complexity index is 686. The van der Waals surface area contributed by atoms with Gasteiger partial charge in [-0.2, -0.15) is 0 Å². The fraction of sp³-hybridized carbons (Fsp3) is 0.391. The normalized spacial score (nSPS) is 22.6. The first-order valence-electron chi connectivity index (χ1n) is 9.13. The minimum Gasteiger partial charge on any atom is -0.313 e. The molecule has 2 aromatic carbocycles. The van der Waals surface area contributed by atoms with E-state index in [1.807, 2.05) is 0 Å². The zero-order valence-electron chi connectivity index (χ0n) is 15.1. The molecule has 2 atom stereocenters. The molecule has 0 aromatic heterocycles. The third kappa shape index (κ3) is 3.47. The molecule has 0 saturated heterocycles. The van der Waals surface area contributed by atoms with Gasteiger partial charge in [0.25, 0.3) is 0 Å². The van der Waals surface area contributed by atoms with Gasteiger partial charge < -0.3 is 5.32 Å². The first-order valence-corrected chi connectivity index (χ1v) is 9.13. The highest BCUT2D eigenvalue weighted by Crippen LogP contribution is 2.45. The number of fused-ring (bicyclic) bond motifs is 1. The summed E-state index contributed by atoms with van der Waals surface area (Å²) in [5.41, 5.74) is 4.45. The van der Waals surface area contributed by atoms with Crippen molar-refractivity contribution in [3.05, 3.63) is 77.4 Å². The lowest BCUT2D eigenvalue weighted by atomic mass is 9.62. The van der Waals surface area contributed by atoms with E-state index < -0.39 is 0 Å². The molecule has 1 heteroatoms. The second kappa shape index (κ2) is 7.36. The number of rotatable bonds is 6. The van der Waals surface area contributed by atoms with Crippen LogP contribution in [0.15, 0.2) is 60.7 Å². The average molecular weight is 319 g/mol. The van der Waals surface area contributed by atoms with E-state index in [9.17, 15) is 0 Å². The lowest BCUT2D eigenvalue weighted by Crippen LogP contribution is -2.39. The largest absolute Gasteiger partial charge is 0.313 e. The predicted molar refractivity (Wildman–Crippen MR) is 104 cm³/mol. The maximum Gasteiger partial charge on any atom is 0.0205 e. The van der Waals surface area contributed by atoms with Crippen molar-refractivity contribution in [3.63, 3.8) is 0 Å².